The summed E-state index contributed by atoms with van der Waals surface area (Å²) in [6.07, 6.45) is 0.810. The van der Waals surface area contributed by atoms with E-state index in [-0.39, 0.29) is 23.8 Å². The van der Waals surface area contributed by atoms with Gasteiger partial charge in [0.1, 0.15) is 10.6 Å². The summed E-state index contributed by atoms with van der Waals surface area (Å²) in [6, 6.07) is -0.303. The van der Waals surface area contributed by atoms with Gasteiger partial charge in [-0.3, -0.25) is 4.79 Å². The van der Waals surface area contributed by atoms with Crippen LogP contribution in [0.3, 0.4) is 0 Å². The number of amides is 1. The third-order valence-electron chi connectivity index (χ3n) is 3.69. The number of nitrogens with one attached hydrogen (secondary N) is 3. The first-order valence-corrected chi connectivity index (χ1v) is 8.47. The van der Waals surface area contributed by atoms with Gasteiger partial charge in [0.15, 0.2) is 5.95 Å². The fourth-order valence-electron chi connectivity index (χ4n) is 2.82. The Morgan fingerprint density at radius 3 is 2.70 bits per heavy atom. The summed E-state index contributed by atoms with van der Waals surface area (Å²) in [5, 5.41) is 6.11. The van der Waals surface area contributed by atoms with Crippen molar-refractivity contribution in [2.24, 2.45) is 5.92 Å². The maximum atomic E-state index is 12.1. The molecule has 20 heavy (non-hydrogen) atoms. The molecule has 0 bridgehead atoms. The topological polar surface area (TPSA) is 95.8 Å². The van der Waals surface area contributed by atoms with Crippen LogP contribution < -0.4 is 16.4 Å². The number of halogens is 3. The number of hydrogen-bond donors (Lipinski definition) is 4. The van der Waals surface area contributed by atoms with Gasteiger partial charge in [-0.2, -0.15) is 0 Å². The fraction of sp³-hybridized carbons (Fsp3) is 0.455. The second-order valence-electron chi connectivity index (χ2n) is 4.82. The standard InChI is InChI=1S/C11H12Br3N5O/c12-5-4-3(6-9(14)19-11(15)18-6)1-2-16-10(20)7(4)17-8(5)13/h3-4,7,17H,1-2H2,(H,16,20)(H3,15,18,19). The van der Waals surface area contributed by atoms with Gasteiger partial charge < -0.3 is 21.4 Å². The van der Waals surface area contributed by atoms with Crippen LogP contribution in [0.4, 0.5) is 5.95 Å². The summed E-state index contributed by atoms with van der Waals surface area (Å²) in [5.41, 5.74) is 6.65. The minimum absolute atomic E-state index is 0.00280. The molecule has 1 fully saturated rings. The second kappa shape index (κ2) is 5.34. The lowest BCUT2D eigenvalue weighted by molar-refractivity contribution is -0.123. The van der Waals surface area contributed by atoms with Gasteiger partial charge in [-0.05, 0) is 38.3 Å². The van der Waals surface area contributed by atoms with Gasteiger partial charge in [0.2, 0.25) is 5.91 Å². The molecule has 1 saturated heterocycles. The van der Waals surface area contributed by atoms with Gasteiger partial charge in [0.25, 0.3) is 0 Å². The molecule has 0 aromatic carbocycles. The van der Waals surface area contributed by atoms with Crippen LogP contribution in [0.5, 0.6) is 0 Å². The van der Waals surface area contributed by atoms with Crippen molar-refractivity contribution in [2.75, 3.05) is 12.3 Å². The van der Waals surface area contributed by atoms with Crippen LogP contribution >= 0.6 is 47.8 Å². The quantitative estimate of drug-likeness (QED) is 0.472. The first kappa shape index (κ1) is 14.4. The Morgan fingerprint density at radius 2 is 2.05 bits per heavy atom. The molecule has 3 atom stereocenters. The van der Waals surface area contributed by atoms with Crippen LogP contribution in [0.15, 0.2) is 13.7 Å². The molecule has 1 aromatic heterocycles. The van der Waals surface area contributed by atoms with E-state index in [0.717, 1.165) is 21.2 Å². The SMILES string of the molecule is Nc1nc(Br)c(C2CCNC(=O)C3NC(Br)=C(Br)C32)[nH]1. The van der Waals surface area contributed by atoms with Crippen LogP contribution in [0, 0.1) is 5.92 Å². The number of fused-ring (bicyclic) bond motifs is 1. The Balaban J connectivity index is 2.05. The predicted molar refractivity (Wildman–Crippen MR) is 86.4 cm³/mol. The molecule has 0 radical (unpaired) electrons. The van der Waals surface area contributed by atoms with E-state index in [9.17, 15) is 4.79 Å². The largest absolute Gasteiger partial charge is 0.369 e. The first-order valence-electron chi connectivity index (χ1n) is 6.09. The lowest BCUT2D eigenvalue weighted by Crippen LogP contribution is -2.43. The van der Waals surface area contributed by atoms with Crippen molar-refractivity contribution in [1.29, 1.82) is 0 Å². The highest BCUT2D eigenvalue weighted by atomic mass is 79.9. The molecule has 2 aliphatic heterocycles. The molecule has 5 N–H and O–H groups in total. The number of carbonyl (C=O) groups excluding carboxylic acids is 1. The van der Waals surface area contributed by atoms with E-state index in [4.69, 9.17) is 5.73 Å². The zero-order chi connectivity index (χ0) is 14.4. The molecular formula is C11H12Br3N5O. The van der Waals surface area contributed by atoms with E-state index in [1.54, 1.807) is 0 Å². The number of imidazole rings is 1. The van der Waals surface area contributed by atoms with Gasteiger partial charge in [-0.25, -0.2) is 4.98 Å². The van der Waals surface area contributed by atoms with E-state index in [0.29, 0.717) is 17.1 Å². The number of aromatic nitrogens is 2. The summed E-state index contributed by atoms with van der Waals surface area (Å²) in [5.74, 6) is 0.489. The summed E-state index contributed by atoms with van der Waals surface area (Å²) >= 11 is 10.5. The van der Waals surface area contributed by atoms with Gasteiger partial charge >= 0.3 is 0 Å². The normalized spacial score (nSPS) is 29.8. The third kappa shape index (κ3) is 2.29. The number of carbonyl (C=O) groups is 1. The molecular weight excluding hydrogens is 458 g/mol. The Hall–Kier alpha value is -0.540. The Kier molecular flexibility index (Phi) is 3.85. The van der Waals surface area contributed by atoms with Crippen molar-refractivity contribution in [3.8, 4) is 0 Å². The van der Waals surface area contributed by atoms with Crippen molar-refractivity contribution < 1.29 is 4.79 Å². The zero-order valence-electron chi connectivity index (χ0n) is 10.2. The second-order valence-corrected chi connectivity index (χ2v) is 7.22. The average molecular weight is 470 g/mol. The van der Waals surface area contributed by atoms with Crippen LogP contribution in [0.2, 0.25) is 0 Å². The van der Waals surface area contributed by atoms with Crippen LogP contribution in [-0.4, -0.2) is 28.5 Å². The number of hydrogen-bond acceptors (Lipinski definition) is 4. The number of rotatable bonds is 1. The van der Waals surface area contributed by atoms with Crippen molar-refractivity contribution in [3.63, 3.8) is 0 Å². The highest BCUT2D eigenvalue weighted by Gasteiger charge is 2.45. The van der Waals surface area contributed by atoms with Gasteiger partial charge in [-0.15, -0.1) is 0 Å². The third-order valence-corrected chi connectivity index (χ3v) is 6.41. The molecule has 6 nitrogen and oxygen atoms in total. The monoisotopic (exact) mass is 467 g/mol. The van der Waals surface area contributed by atoms with Crippen molar-refractivity contribution >= 4 is 59.6 Å². The van der Waals surface area contributed by atoms with Crippen molar-refractivity contribution in [1.82, 2.24) is 20.6 Å². The minimum Gasteiger partial charge on any atom is -0.369 e. The van der Waals surface area contributed by atoms with Gasteiger partial charge in [0.05, 0.1) is 10.3 Å². The number of nitrogen functional groups attached to an aromatic ring is 1. The molecule has 0 spiro atoms. The maximum absolute atomic E-state index is 12.1. The smallest absolute Gasteiger partial charge is 0.243 e. The number of aromatic amines is 1. The lowest BCUT2D eigenvalue weighted by atomic mass is 9.84. The van der Waals surface area contributed by atoms with E-state index in [1.165, 1.54) is 0 Å². The Bertz CT molecular complexity index is 599. The summed E-state index contributed by atoms with van der Waals surface area (Å²) < 4.78 is 2.49. The highest BCUT2D eigenvalue weighted by molar-refractivity contribution is 9.14. The highest BCUT2D eigenvalue weighted by Crippen LogP contribution is 2.45. The Labute approximate surface area is 140 Å². The van der Waals surface area contributed by atoms with Gasteiger partial charge in [-0.1, -0.05) is 15.9 Å². The minimum atomic E-state index is -0.303. The van der Waals surface area contributed by atoms with Crippen molar-refractivity contribution in [3.05, 3.63) is 19.4 Å². The molecule has 1 amide bonds. The average Bonchev–Trinajstić information content (AvgIpc) is 2.81. The molecule has 1 aromatic rings. The summed E-state index contributed by atoms with van der Waals surface area (Å²) in [7, 11) is 0. The molecule has 3 heterocycles. The first-order chi connectivity index (χ1) is 9.49. The molecule has 3 unspecified atom stereocenters. The molecule has 9 heteroatoms. The number of H-pyrrole nitrogens is 1. The molecule has 3 rings (SSSR count). The molecule has 0 saturated carbocycles. The predicted octanol–water partition coefficient (Wildman–Crippen LogP) is 1.90. The van der Waals surface area contributed by atoms with Crippen LogP contribution in [0.25, 0.3) is 0 Å². The van der Waals surface area contributed by atoms with Crippen LogP contribution in [-0.2, 0) is 4.79 Å². The summed E-state index contributed by atoms with van der Waals surface area (Å²) in [4.78, 5) is 19.4. The van der Waals surface area contributed by atoms with E-state index < -0.39 is 0 Å². The Morgan fingerprint density at radius 1 is 1.30 bits per heavy atom. The van der Waals surface area contributed by atoms with Crippen LogP contribution in [0.1, 0.15) is 18.0 Å². The van der Waals surface area contributed by atoms with E-state index in [1.807, 2.05) is 0 Å². The fourth-order valence-corrected chi connectivity index (χ4v) is 4.61. The maximum Gasteiger partial charge on any atom is 0.243 e. The van der Waals surface area contributed by atoms with E-state index >= 15 is 0 Å². The zero-order valence-corrected chi connectivity index (χ0v) is 15.0. The molecule has 108 valence electrons. The molecule has 0 aliphatic carbocycles. The lowest BCUT2D eigenvalue weighted by Gasteiger charge is -2.24. The van der Waals surface area contributed by atoms with E-state index in [2.05, 4.69) is 68.4 Å². The summed E-state index contributed by atoms with van der Waals surface area (Å²) in [6.45, 7) is 0.626. The number of nitrogens with two attached hydrogens (primary N) is 1. The van der Waals surface area contributed by atoms with Crippen molar-refractivity contribution in [2.45, 2.75) is 18.4 Å². The molecule has 2 aliphatic rings. The number of anilines is 1. The van der Waals surface area contributed by atoms with Gasteiger partial charge in [0, 0.05) is 22.9 Å². The number of nitrogens with zero attached hydrogens (tertiary/aromatic N) is 1.